The van der Waals surface area contributed by atoms with Gasteiger partial charge in [-0.3, -0.25) is 14.9 Å². The Morgan fingerprint density at radius 2 is 1.85 bits per heavy atom. The van der Waals surface area contributed by atoms with Crippen molar-refractivity contribution in [1.29, 1.82) is 0 Å². The largest absolute Gasteiger partial charge is 0.394 e. The summed E-state index contributed by atoms with van der Waals surface area (Å²) in [6.45, 7) is -2.19. The molecule has 0 atom stereocenters. The number of nitrogens with one attached hydrogen (secondary N) is 1. The van der Waals surface area contributed by atoms with Crippen molar-refractivity contribution in [2.75, 3.05) is 19.8 Å². The van der Waals surface area contributed by atoms with Crippen molar-refractivity contribution in [3.05, 3.63) is 38.9 Å². The minimum Gasteiger partial charge on any atom is -0.394 e. The number of nitrogens with zero attached hydrogens (tertiary/aromatic N) is 1. The number of hydrogen-bond donors (Lipinski definition) is 4. The Kier molecular flexibility index (Phi) is 5.40. The maximum absolute atomic E-state index is 12.0. The molecule has 0 fully saturated rings. The maximum atomic E-state index is 12.0. The van der Waals surface area contributed by atoms with Gasteiger partial charge in [0.15, 0.2) is 0 Å². The van der Waals surface area contributed by atoms with Gasteiger partial charge in [-0.25, -0.2) is 0 Å². The predicted octanol–water partition coefficient (Wildman–Crippen LogP) is -0.306. The number of benzene rings is 1. The van der Waals surface area contributed by atoms with E-state index in [4.69, 9.17) is 26.9 Å². The summed E-state index contributed by atoms with van der Waals surface area (Å²) >= 11 is 5.62. The monoisotopic (exact) mass is 304 g/mol. The molecule has 110 valence electrons. The SMILES string of the molecule is O=C(NC(CO)(CO)CO)c1ccc(Cl)cc1[N+](=O)[O-]. The minimum atomic E-state index is -1.66. The van der Waals surface area contributed by atoms with Crippen molar-refractivity contribution in [2.45, 2.75) is 5.54 Å². The highest BCUT2D eigenvalue weighted by Crippen LogP contribution is 2.23. The summed E-state index contributed by atoms with van der Waals surface area (Å²) in [5.74, 6) is -0.912. The molecular formula is C11H13ClN2O6. The fraction of sp³-hybridized carbons (Fsp3) is 0.364. The lowest BCUT2D eigenvalue weighted by atomic mass is 10.0. The van der Waals surface area contributed by atoms with Crippen LogP contribution in [0.3, 0.4) is 0 Å². The van der Waals surface area contributed by atoms with Crippen LogP contribution in [-0.2, 0) is 0 Å². The number of nitro groups is 1. The van der Waals surface area contributed by atoms with Crippen molar-refractivity contribution in [3.8, 4) is 0 Å². The van der Waals surface area contributed by atoms with Gasteiger partial charge in [-0.2, -0.15) is 0 Å². The van der Waals surface area contributed by atoms with E-state index in [0.717, 1.165) is 12.1 Å². The summed E-state index contributed by atoms with van der Waals surface area (Å²) in [6, 6.07) is 3.45. The van der Waals surface area contributed by atoms with Crippen LogP contribution in [0.4, 0.5) is 5.69 Å². The Bertz CT molecular complexity index is 509. The smallest absolute Gasteiger partial charge is 0.283 e. The first-order valence-corrected chi connectivity index (χ1v) is 5.86. The fourth-order valence-electron chi connectivity index (χ4n) is 1.42. The van der Waals surface area contributed by atoms with Crippen molar-refractivity contribution in [1.82, 2.24) is 5.32 Å². The van der Waals surface area contributed by atoms with Gasteiger partial charge in [0, 0.05) is 11.1 Å². The Morgan fingerprint density at radius 3 is 2.30 bits per heavy atom. The average Bonchev–Trinajstić information content (AvgIpc) is 2.44. The zero-order valence-corrected chi connectivity index (χ0v) is 11.0. The number of aliphatic hydroxyl groups excluding tert-OH is 3. The summed E-state index contributed by atoms with van der Waals surface area (Å²) in [6.07, 6.45) is 0. The van der Waals surface area contributed by atoms with E-state index in [0.29, 0.717) is 0 Å². The molecule has 0 spiro atoms. The Morgan fingerprint density at radius 1 is 1.30 bits per heavy atom. The number of rotatable bonds is 6. The lowest BCUT2D eigenvalue weighted by molar-refractivity contribution is -0.385. The summed E-state index contributed by atoms with van der Waals surface area (Å²) in [7, 11) is 0. The third kappa shape index (κ3) is 3.42. The maximum Gasteiger partial charge on any atom is 0.283 e. The third-order valence-electron chi connectivity index (χ3n) is 2.69. The van der Waals surface area contributed by atoms with Gasteiger partial charge >= 0.3 is 0 Å². The quantitative estimate of drug-likeness (QED) is 0.421. The number of carbonyl (C=O) groups is 1. The molecule has 0 aliphatic carbocycles. The zero-order valence-electron chi connectivity index (χ0n) is 10.2. The standard InChI is InChI=1S/C11H13ClN2O6/c12-7-1-2-8(9(3-7)14(19)20)10(18)13-11(4-15,5-16)6-17/h1-3,15-17H,4-6H2,(H,13,18). The molecule has 20 heavy (non-hydrogen) atoms. The summed E-state index contributed by atoms with van der Waals surface area (Å²) in [5.41, 5.74) is -2.47. The first kappa shape index (κ1) is 16.3. The molecular weight excluding hydrogens is 292 g/mol. The van der Waals surface area contributed by atoms with E-state index < -0.39 is 41.9 Å². The average molecular weight is 305 g/mol. The second-order valence-corrected chi connectivity index (χ2v) is 4.56. The fourth-order valence-corrected chi connectivity index (χ4v) is 1.59. The van der Waals surface area contributed by atoms with Gasteiger partial charge in [0.05, 0.1) is 24.7 Å². The van der Waals surface area contributed by atoms with Crippen molar-refractivity contribution >= 4 is 23.2 Å². The number of amides is 1. The van der Waals surface area contributed by atoms with Gasteiger partial charge in [0.1, 0.15) is 11.1 Å². The van der Waals surface area contributed by atoms with E-state index >= 15 is 0 Å². The van der Waals surface area contributed by atoms with E-state index in [2.05, 4.69) is 5.32 Å². The molecule has 1 rings (SSSR count). The van der Waals surface area contributed by atoms with Crippen molar-refractivity contribution in [3.63, 3.8) is 0 Å². The second kappa shape index (κ2) is 6.62. The van der Waals surface area contributed by atoms with Crippen LogP contribution in [0, 0.1) is 10.1 Å². The number of aliphatic hydroxyl groups is 3. The predicted molar refractivity (Wildman–Crippen MR) is 69.6 cm³/mol. The molecule has 4 N–H and O–H groups in total. The van der Waals surface area contributed by atoms with Crippen LogP contribution < -0.4 is 5.32 Å². The molecule has 0 unspecified atom stereocenters. The molecule has 0 aliphatic heterocycles. The molecule has 0 aliphatic rings. The molecule has 0 saturated heterocycles. The van der Waals surface area contributed by atoms with Gasteiger partial charge in [0.2, 0.25) is 0 Å². The van der Waals surface area contributed by atoms with Crippen LogP contribution in [0.2, 0.25) is 5.02 Å². The van der Waals surface area contributed by atoms with Crippen LogP contribution in [0.5, 0.6) is 0 Å². The highest BCUT2D eigenvalue weighted by atomic mass is 35.5. The third-order valence-corrected chi connectivity index (χ3v) is 2.92. The summed E-state index contributed by atoms with van der Waals surface area (Å²) in [4.78, 5) is 22.1. The molecule has 0 aromatic heterocycles. The molecule has 1 amide bonds. The first-order valence-electron chi connectivity index (χ1n) is 5.48. The highest BCUT2D eigenvalue weighted by molar-refractivity contribution is 6.31. The number of hydrogen-bond acceptors (Lipinski definition) is 6. The second-order valence-electron chi connectivity index (χ2n) is 4.13. The summed E-state index contributed by atoms with van der Waals surface area (Å²) < 4.78 is 0. The van der Waals surface area contributed by atoms with E-state index in [9.17, 15) is 14.9 Å². The highest BCUT2D eigenvalue weighted by Gasteiger charge is 2.32. The molecule has 0 radical (unpaired) electrons. The van der Waals surface area contributed by atoms with Crippen molar-refractivity contribution < 1.29 is 25.0 Å². The lowest BCUT2D eigenvalue weighted by Gasteiger charge is -2.28. The van der Waals surface area contributed by atoms with Gasteiger partial charge < -0.3 is 20.6 Å². The molecule has 0 saturated carbocycles. The van der Waals surface area contributed by atoms with Gasteiger partial charge in [0.25, 0.3) is 11.6 Å². The first-order chi connectivity index (χ1) is 9.39. The van der Waals surface area contributed by atoms with Crippen molar-refractivity contribution in [2.24, 2.45) is 0 Å². The van der Waals surface area contributed by atoms with Crippen LogP contribution >= 0.6 is 11.6 Å². The van der Waals surface area contributed by atoms with E-state index in [1.807, 2.05) is 0 Å². The number of carbonyl (C=O) groups excluding carboxylic acids is 1. The Labute approximate surface area is 118 Å². The Balaban J connectivity index is 3.12. The molecule has 1 aromatic carbocycles. The minimum absolute atomic E-state index is 0.0889. The van der Waals surface area contributed by atoms with Gasteiger partial charge in [-0.15, -0.1) is 0 Å². The van der Waals surface area contributed by atoms with Crippen LogP contribution in [-0.4, -0.2) is 51.5 Å². The zero-order chi connectivity index (χ0) is 15.3. The lowest BCUT2D eigenvalue weighted by Crippen LogP contribution is -2.57. The topological polar surface area (TPSA) is 133 Å². The van der Waals surface area contributed by atoms with Gasteiger partial charge in [-0.05, 0) is 12.1 Å². The van der Waals surface area contributed by atoms with E-state index in [-0.39, 0.29) is 10.6 Å². The Hall–Kier alpha value is -1.74. The molecule has 0 bridgehead atoms. The van der Waals surface area contributed by atoms with Crippen LogP contribution in [0.1, 0.15) is 10.4 Å². The van der Waals surface area contributed by atoms with E-state index in [1.54, 1.807) is 0 Å². The van der Waals surface area contributed by atoms with E-state index in [1.165, 1.54) is 6.07 Å². The molecule has 0 heterocycles. The molecule has 8 nitrogen and oxygen atoms in total. The molecule has 9 heteroatoms. The summed E-state index contributed by atoms with van der Waals surface area (Å²) in [5, 5.41) is 40.5. The molecule has 1 aromatic rings. The normalized spacial score (nSPS) is 11.2. The van der Waals surface area contributed by atoms with Crippen LogP contribution in [0.15, 0.2) is 18.2 Å². The number of halogens is 1. The van der Waals surface area contributed by atoms with Gasteiger partial charge in [-0.1, -0.05) is 11.6 Å². The van der Waals surface area contributed by atoms with Crippen LogP contribution in [0.25, 0.3) is 0 Å². The number of nitro benzene ring substituents is 1.